The Bertz CT molecular complexity index is 961. The highest BCUT2D eigenvalue weighted by Crippen LogP contribution is 2.23. The summed E-state index contributed by atoms with van der Waals surface area (Å²) in [6.07, 6.45) is 4.97. The van der Waals surface area contributed by atoms with Crippen molar-refractivity contribution < 1.29 is 4.74 Å². The van der Waals surface area contributed by atoms with Crippen LogP contribution < -0.4 is 0 Å². The molecule has 0 radical (unpaired) electrons. The number of benzene rings is 2. The average molecular weight is 342 g/mol. The van der Waals surface area contributed by atoms with E-state index in [1.807, 2.05) is 18.2 Å². The zero-order chi connectivity index (χ0) is 17.6. The van der Waals surface area contributed by atoms with E-state index < -0.39 is 0 Å². The normalized spacial score (nSPS) is 11.1. The summed E-state index contributed by atoms with van der Waals surface area (Å²) < 4.78 is 8.16. The third-order valence-electron chi connectivity index (χ3n) is 4.56. The molecular formula is C23H22N2O. The first-order chi connectivity index (χ1) is 12.9. The average Bonchev–Trinajstić information content (AvgIpc) is 3.05. The maximum Gasteiger partial charge on any atom is 0.0887 e. The lowest BCUT2D eigenvalue weighted by molar-refractivity contribution is 0.121. The van der Waals surface area contributed by atoms with Gasteiger partial charge in [-0.25, -0.2) is 0 Å². The van der Waals surface area contributed by atoms with Gasteiger partial charge >= 0.3 is 0 Å². The molecule has 0 fully saturated rings. The number of fused-ring (bicyclic) bond motifs is 1. The first-order valence-corrected chi connectivity index (χ1v) is 8.98. The molecule has 130 valence electrons. The van der Waals surface area contributed by atoms with Gasteiger partial charge in [-0.2, -0.15) is 0 Å². The Morgan fingerprint density at radius 3 is 2.50 bits per heavy atom. The van der Waals surface area contributed by atoms with Gasteiger partial charge in [-0.3, -0.25) is 4.98 Å². The molecule has 0 aliphatic carbocycles. The van der Waals surface area contributed by atoms with E-state index in [2.05, 4.69) is 70.3 Å². The van der Waals surface area contributed by atoms with Gasteiger partial charge in [0.1, 0.15) is 0 Å². The molecule has 0 bridgehead atoms. The van der Waals surface area contributed by atoms with Gasteiger partial charge in [0.2, 0.25) is 0 Å². The third-order valence-corrected chi connectivity index (χ3v) is 4.56. The zero-order valence-corrected chi connectivity index (χ0v) is 14.7. The molecule has 0 saturated heterocycles. The minimum atomic E-state index is 0.559. The van der Waals surface area contributed by atoms with E-state index in [1.54, 1.807) is 6.20 Å². The first-order valence-electron chi connectivity index (χ1n) is 8.98. The number of ether oxygens (including phenoxy) is 1. The molecule has 26 heavy (non-hydrogen) atoms. The number of nitrogens with zero attached hydrogens (tertiary/aromatic N) is 2. The standard InChI is InChI=1S/C23H22N2O/c1-2-8-19(9-3-1)16-25-17-20(22-11-4-5-12-23(22)25)13-15-26-18-21-10-6-7-14-24-21/h1-12,14,17H,13,15-16,18H2. The highest BCUT2D eigenvalue weighted by molar-refractivity contribution is 5.84. The number of rotatable bonds is 7. The van der Waals surface area contributed by atoms with E-state index in [4.69, 9.17) is 4.74 Å². The molecule has 2 heterocycles. The first kappa shape index (κ1) is 16.6. The SMILES string of the molecule is c1ccc(Cn2cc(CCOCc3ccccn3)c3ccccc32)cc1. The van der Waals surface area contributed by atoms with E-state index in [1.165, 1.54) is 22.0 Å². The number of hydrogen-bond donors (Lipinski definition) is 0. The molecule has 0 amide bonds. The van der Waals surface area contributed by atoms with Gasteiger partial charge in [0.25, 0.3) is 0 Å². The van der Waals surface area contributed by atoms with E-state index in [-0.39, 0.29) is 0 Å². The van der Waals surface area contributed by atoms with Crippen LogP contribution in [0.2, 0.25) is 0 Å². The Morgan fingerprint density at radius 2 is 1.65 bits per heavy atom. The van der Waals surface area contributed by atoms with E-state index in [9.17, 15) is 0 Å². The number of hydrogen-bond acceptors (Lipinski definition) is 2. The van der Waals surface area contributed by atoms with Crippen LogP contribution in [-0.4, -0.2) is 16.2 Å². The van der Waals surface area contributed by atoms with Crippen molar-refractivity contribution in [1.29, 1.82) is 0 Å². The summed E-state index contributed by atoms with van der Waals surface area (Å²) in [6, 6.07) is 25.1. The maximum absolute atomic E-state index is 5.83. The fourth-order valence-electron chi connectivity index (χ4n) is 3.28. The summed E-state index contributed by atoms with van der Waals surface area (Å²) in [5.41, 5.74) is 4.89. The number of pyridine rings is 1. The quantitative estimate of drug-likeness (QED) is 0.449. The maximum atomic E-state index is 5.83. The van der Waals surface area contributed by atoms with Crippen molar-refractivity contribution in [3.05, 3.63) is 102 Å². The molecule has 0 atom stereocenters. The van der Waals surface area contributed by atoms with Gasteiger partial charge in [-0.05, 0) is 35.7 Å². The van der Waals surface area contributed by atoms with Gasteiger partial charge < -0.3 is 9.30 Å². The van der Waals surface area contributed by atoms with Crippen LogP contribution in [0.15, 0.2) is 85.2 Å². The Hall–Kier alpha value is -2.91. The second kappa shape index (κ2) is 7.98. The van der Waals surface area contributed by atoms with Crippen molar-refractivity contribution in [1.82, 2.24) is 9.55 Å². The molecule has 0 aliphatic heterocycles. The molecule has 0 spiro atoms. The fraction of sp³-hybridized carbons (Fsp3) is 0.174. The topological polar surface area (TPSA) is 27.1 Å². The van der Waals surface area contributed by atoms with Crippen LogP contribution >= 0.6 is 0 Å². The Balaban J connectivity index is 1.47. The molecule has 0 aliphatic rings. The lowest BCUT2D eigenvalue weighted by Gasteiger charge is -2.05. The molecule has 4 aromatic rings. The summed E-state index contributed by atoms with van der Waals surface area (Å²) in [7, 11) is 0. The van der Waals surface area contributed by atoms with E-state index in [0.29, 0.717) is 13.2 Å². The molecule has 3 nitrogen and oxygen atoms in total. The lowest BCUT2D eigenvalue weighted by atomic mass is 10.1. The zero-order valence-electron chi connectivity index (χ0n) is 14.7. The summed E-state index contributed by atoms with van der Waals surface area (Å²) in [4.78, 5) is 4.30. The minimum Gasteiger partial charge on any atom is -0.375 e. The Morgan fingerprint density at radius 1 is 0.846 bits per heavy atom. The van der Waals surface area contributed by atoms with Gasteiger partial charge in [0.15, 0.2) is 0 Å². The second-order valence-corrected chi connectivity index (χ2v) is 6.41. The molecule has 3 heteroatoms. The summed E-state index contributed by atoms with van der Waals surface area (Å²) in [6.45, 7) is 2.13. The van der Waals surface area contributed by atoms with Crippen LogP contribution in [0.25, 0.3) is 10.9 Å². The Labute approximate surface area is 153 Å². The molecule has 0 saturated carbocycles. The fourth-order valence-corrected chi connectivity index (χ4v) is 3.28. The third kappa shape index (κ3) is 3.84. The van der Waals surface area contributed by atoms with Crippen molar-refractivity contribution in [3.8, 4) is 0 Å². The van der Waals surface area contributed by atoms with E-state index in [0.717, 1.165) is 18.7 Å². The number of para-hydroxylation sites is 1. The van der Waals surface area contributed by atoms with Crippen molar-refractivity contribution >= 4 is 10.9 Å². The highest BCUT2D eigenvalue weighted by Gasteiger charge is 2.08. The van der Waals surface area contributed by atoms with Crippen LogP contribution in [-0.2, 0) is 24.3 Å². The van der Waals surface area contributed by atoms with Crippen molar-refractivity contribution in [2.24, 2.45) is 0 Å². The lowest BCUT2D eigenvalue weighted by Crippen LogP contribution is -2.00. The van der Waals surface area contributed by atoms with Crippen molar-refractivity contribution in [2.75, 3.05) is 6.61 Å². The van der Waals surface area contributed by atoms with Crippen molar-refractivity contribution in [3.63, 3.8) is 0 Å². The van der Waals surface area contributed by atoms with E-state index >= 15 is 0 Å². The summed E-state index contributed by atoms with van der Waals surface area (Å²) in [5, 5.41) is 1.31. The van der Waals surface area contributed by atoms with Gasteiger partial charge in [0.05, 0.1) is 18.9 Å². The highest BCUT2D eigenvalue weighted by atomic mass is 16.5. The molecule has 2 aromatic carbocycles. The predicted octanol–water partition coefficient (Wildman–Crippen LogP) is 4.84. The molecule has 2 aromatic heterocycles. The summed E-state index contributed by atoms with van der Waals surface area (Å²) >= 11 is 0. The van der Waals surface area contributed by atoms with Crippen LogP contribution in [0.3, 0.4) is 0 Å². The molecular weight excluding hydrogens is 320 g/mol. The number of aromatic nitrogens is 2. The smallest absolute Gasteiger partial charge is 0.0887 e. The van der Waals surface area contributed by atoms with Gasteiger partial charge in [0, 0.05) is 29.8 Å². The predicted molar refractivity (Wildman–Crippen MR) is 105 cm³/mol. The largest absolute Gasteiger partial charge is 0.375 e. The monoisotopic (exact) mass is 342 g/mol. The van der Waals surface area contributed by atoms with Crippen LogP contribution in [0.4, 0.5) is 0 Å². The molecule has 0 N–H and O–H groups in total. The summed E-state index contributed by atoms with van der Waals surface area (Å²) in [5.74, 6) is 0. The van der Waals surface area contributed by atoms with Crippen molar-refractivity contribution in [2.45, 2.75) is 19.6 Å². The van der Waals surface area contributed by atoms with Gasteiger partial charge in [-0.15, -0.1) is 0 Å². The Kier molecular flexibility index (Phi) is 5.08. The van der Waals surface area contributed by atoms with Gasteiger partial charge in [-0.1, -0.05) is 54.6 Å². The van der Waals surface area contributed by atoms with Crippen LogP contribution in [0.5, 0.6) is 0 Å². The second-order valence-electron chi connectivity index (χ2n) is 6.41. The van der Waals surface area contributed by atoms with Crippen LogP contribution in [0, 0.1) is 0 Å². The minimum absolute atomic E-state index is 0.559. The molecule has 4 rings (SSSR count). The van der Waals surface area contributed by atoms with Crippen LogP contribution in [0.1, 0.15) is 16.8 Å². The molecule has 0 unspecified atom stereocenters.